The van der Waals surface area contributed by atoms with Crippen LogP contribution in [0.25, 0.3) is 0 Å². The topological polar surface area (TPSA) is 119 Å². The molecule has 1 saturated heterocycles. The van der Waals surface area contributed by atoms with Gasteiger partial charge in [0.1, 0.15) is 0 Å². The van der Waals surface area contributed by atoms with Crippen molar-refractivity contribution in [1.82, 2.24) is 0 Å². The minimum absolute atomic E-state index is 0. The Labute approximate surface area is 142 Å². The van der Waals surface area contributed by atoms with E-state index in [4.69, 9.17) is 11.5 Å². The van der Waals surface area contributed by atoms with Crippen LogP contribution in [0.3, 0.4) is 0 Å². The van der Waals surface area contributed by atoms with Gasteiger partial charge in [0.2, 0.25) is 0 Å². The second-order valence-corrected chi connectivity index (χ2v) is 7.33. The normalized spacial score (nSPS) is 14.7. The third kappa shape index (κ3) is 4.84. The van der Waals surface area contributed by atoms with Gasteiger partial charge in [-0.3, -0.25) is 4.79 Å². The molecule has 0 aliphatic carbocycles. The number of carbonyl (C=O) groups is 1. The van der Waals surface area contributed by atoms with Crippen molar-refractivity contribution < 1.29 is 13.2 Å². The van der Waals surface area contributed by atoms with Crippen LogP contribution in [0.2, 0.25) is 0 Å². The predicted molar refractivity (Wildman–Crippen MR) is 93.0 cm³/mol. The summed E-state index contributed by atoms with van der Waals surface area (Å²) in [7, 11) is -3.57. The smallest absolute Gasteiger partial charge is 0.281 e. The molecule has 1 aromatic rings. The molecule has 7 nitrogen and oxygen atoms in total. The van der Waals surface area contributed by atoms with Crippen molar-refractivity contribution in [3.63, 3.8) is 0 Å². The fourth-order valence-corrected chi connectivity index (χ4v) is 3.41. The van der Waals surface area contributed by atoms with E-state index in [0.29, 0.717) is 0 Å². The van der Waals surface area contributed by atoms with Gasteiger partial charge < -0.3 is 16.4 Å². The van der Waals surface area contributed by atoms with Gasteiger partial charge in [-0.15, -0.1) is 12.4 Å². The van der Waals surface area contributed by atoms with Crippen LogP contribution in [-0.2, 0) is 9.84 Å². The van der Waals surface area contributed by atoms with Crippen LogP contribution in [-0.4, -0.2) is 39.6 Å². The van der Waals surface area contributed by atoms with Crippen LogP contribution in [0, 0.1) is 0 Å². The van der Waals surface area contributed by atoms with Crippen molar-refractivity contribution in [2.24, 2.45) is 16.5 Å². The molecule has 1 aliphatic rings. The first-order valence-electron chi connectivity index (χ1n) is 7.02. The monoisotopic (exact) mass is 360 g/mol. The van der Waals surface area contributed by atoms with Gasteiger partial charge in [-0.1, -0.05) is 0 Å². The van der Waals surface area contributed by atoms with Crippen LogP contribution in [0.15, 0.2) is 28.1 Å². The molecule has 0 aromatic heterocycles. The van der Waals surface area contributed by atoms with Crippen LogP contribution in [0.4, 0.5) is 5.69 Å². The zero-order valence-corrected chi connectivity index (χ0v) is 14.5. The molecule has 1 aliphatic heterocycles. The van der Waals surface area contributed by atoms with Gasteiger partial charge in [0.15, 0.2) is 15.8 Å². The molecule has 0 unspecified atom stereocenters. The lowest BCUT2D eigenvalue weighted by molar-refractivity contribution is 0.0999. The van der Waals surface area contributed by atoms with Crippen molar-refractivity contribution >= 4 is 39.8 Å². The molecule has 1 fully saturated rings. The van der Waals surface area contributed by atoms with E-state index >= 15 is 0 Å². The molecule has 23 heavy (non-hydrogen) atoms. The molecule has 0 saturated carbocycles. The summed E-state index contributed by atoms with van der Waals surface area (Å²) in [6.07, 6.45) is 4.39. The van der Waals surface area contributed by atoms with Crippen molar-refractivity contribution in [1.29, 1.82) is 0 Å². The van der Waals surface area contributed by atoms with Crippen molar-refractivity contribution in [2.75, 3.05) is 24.2 Å². The average molecular weight is 361 g/mol. The number of benzene rings is 1. The summed E-state index contributed by atoms with van der Waals surface area (Å²) >= 11 is 0. The van der Waals surface area contributed by atoms with Gasteiger partial charge in [-0.2, -0.15) is 4.99 Å². The predicted octanol–water partition coefficient (Wildman–Crippen LogP) is 0.916. The van der Waals surface area contributed by atoms with E-state index in [1.54, 1.807) is 6.07 Å². The molecule has 128 valence electrons. The van der Waals surface area contributed by atoms with Gasteiger partial charge in [0.05, 0.1) is 10.5 Å². The first kappa shape index (κ1) is 19.2. The number of nitrogens with two attached hydrogens (primary N) is 2. The minimum atomic E-state index is -3.57. The third-order valence-corrected chi connectivity index (χ3v) is 4.68. The van der Waals surface area contributed by atoms with Crippen LogP contribution < -0.4 is 16.4 Å². The molecule has 0 atom stereocenters. The zero-order chi connectivity index (χ0) is 16.3. The number of rotatable bonds is 3. The maximum absolute atomic E-state index is 12.0. The molecule has 0 spiro atoms. The highest BCUT2D eigenvalue weighted by molar-refractivity contribution is 7.90. The first-order valence-corrected chi connectivity index (χ1v) is 8.91. The molecule has 1 heterocycles. The quantitative estimate of drug-likeness (QED) is 0.611. The van der Waals surface area contributed by atoms with E-state index in [1.807, 2.05) is 0 Å². The fourth-order valence-electron chi connectivity index (χ4n) is 2.52. The van der Waals surface area contributed by atoms with Crippen molar-refractivity contribution in [3.8, 4) is 0 Å². The Hall–Kier alpha value is -1.80. The van der Waals surface area contributed by atoms with E-state index in [0.717, 1.165) is 37.9 Å². The Morgan fingerprint density at radius 1 is 1.17 bits per heavy atom. The number of halogens is 1. The lowest BCUT2D eigenvalue weighted by Crippen LogP contribution is -2.29. The molecule has 4 N–H and O–H groups in total. The van der Waals surface area contributed by atoms with Gasteiger partial charge in [0.25, 0.3) is 5.91 Å². The number of guanidine groups is 1. The standard InChI is InChI=1S/C14H20N4O3S.ClH/c1-22(20,21)12-9-10(18-7-3-2-4-8-18)5-6-11(12)13(19)17-14(15)16;/h5-6,9H,2-4,7-8H2,1H3,(H4,15,16,17,19);1H. The second kappa shape index (κ2) is 7.65. The molecule has 2 rings (SSSR count). The number of anilines is 1. The number of nitrogens with zero attached hydrogens (tertiary/aromatic N) is 2. The van der Waals surface area contributed by atoms with Crippen molar-refractivity contribution in [2.45, 2.75) is 24.2 Å². The lowest BCUT2D eigenvalue weighted by atomic mass is 10.1. The maximum atomic E-state index is 12.0. The number of carbonyl (C=O) groups excluding carboxylic acids is 1. The van der Waals surface area contributed by atoms with Crippen LogP contribution in [0.1, 0.15) is 29.6 Å². The maximum Gasteiger partial charge on any atom is 0.281 e. The fraction of sp³-hybridized carbons (Fsp3) is 0.429. The largest absolute Gasteiger partial charge is 0.372 e. The molecule has 9 heteroatoms. The Morgan fingerprint density at radius 3 is 2.30 bits per heavy atom. The Balaban J connectivity index is 0.00000264. The number of hydrogen-bond donors (Lipinski definition) is 2. The average Bonchev–Trinajstić information content (AvgIpc) is 2.46. The number of amides is 1. The van der Waals surface area contributed by atoms with E-state index < -0.39 is 21.7 Å². The highest BCUT2D eigenvalue weighted by atomic mass is 35.5. The van der Waals surface area contributed by atoms with Gasteiger partial charge in [-0.05, 0) is 37.5 Å². The summed E-state index contributed by atoms with van der Waals surface area (Å²) in [5.74, 6) is -1.16. The first-order chi connectivity index (χ1) is 10.3. The van der Waals surface area contributed by atoms with Crippen molar-refractivity contribution in [3.05, 3.63) is 23.8 Å². The van der Waals surface area contributed by atoms with Gasteiger partial charge in [0, 0.05) is 25.0 Å². The SMILES string of the molecule is CS(=O)(=O)c1cc(N2CCCCC2)ccc1C(=O)N=C(N)N.Cl. The molecule has 1 aromatic carbocycles. The molecule has 0 radical (unpaired) electrons. The molecular weight excluding hydrogens is 340 g/mol. The summed E-state index contributed by atoms with van der Waals surface area (Å²) in [6, 6.07) is 4.72. The van der Waals surface area contributed by atoms with E-state index in [9.17, 15) is 13.2 Å². The summed E-state index contributed by atoms with van der Waals surface area (Å²) in [6.45, 7) is 1.76. The number of aliphatic imine (C=N–C) groups is 1. The molecule has 1 amide bonds. The number of sulfone groups is 1. The highest BCUT2D eigenvalue weighted by Crippen LogP contribution is 2.26. The van der Waals surface area contributed by atoms with E-state index in [-0.39, 0.29) is 22.9 Å². The Kier molecular flexibility index (Phi) is 6.40. The Morgan fingerprint density at radius 2 is 1.78 bits per heavy atom. The van der Waals surface area contributed by atoms with Crippen LogP contribution in [0.5, 0.6) is 0 Å². The number of piperidine rings is 1. The van der Waals surface area contributed by atoms with Gasteiger partial charge >= 0.3 is 0 Å². The minimum Gasteiger partial charge on any atom is -0.372 e. The lowest BCUT2D eigenvalue weighted by Gasteiger charge is -2.29. The van der Waals surface area contributed by atoms with E-state index in [2.05, 4.69) is 9.89 Å². The Bertz CT molecular complexity index is 709. The zero-order valence-electron chi connectivity index (χ0n) is 12.9. The van der Waals surface area contributed by atoms with E-state index in [1.165, 1.54) is 18.6 Å². The van der Waals surface area contributed by atoms with Gasteiger partial charge in [-0.25, -0.2) is 8.42 Å². The second-order valence-electron chi connectivity index (χ2n) is 5.34. The highest BCUT2D eigenvalue weighted by Gasteiger charge is 2.21. The summed E-state index contributed by atoms with van der Waals surface area (Å²) in [5, 5.41) is 0. The summed E-state index contributed by atoms with van der Waals surface area (Å²) in [4.78, 5) is 17.5. The number of hydrogen-bond acceptors (Lipinski definition) is 4. The summed E-state index contributed by atoms with van der Waals surface area (Å²) < 4.78 is 24.0. The van der Waals surface area contributed by atoms with Crippen LogP contribution >= 0.6 is 12.4 Å². The third-order valence-electron chi connectivity index (χ3n) is 3.55. The molecule has 0 bridgehead atoms. The summed E-state index contributed by atoms with van der Waals surface area (Å²) in [5.41, 5.74) is 11.1. The molecular formula is C14H21ClN4O3S.